The lowest BCUT2D eigenvalue weighted by atomic mass is 9.62. The number of nitriles is 1. The van der Waals surface area contributed by atoms with E-state index in [0.717, 1.165) is 31.4 Å². The molecule has 1 saturated carbocycles. The fraction of sp³-hybridized carbons (Fsp3) is 0.556. The average Bonchev–Trinajstić information content (AvgIpc) is 2.44. The summed E-state index contributed by atoms with van der Waals surface area (Å²) in [5.41, 5.74) is -1.68. The monoisotopic (exact) mass is 323 g/mol. The van der Waals surface area contributed by atoms with Gasteiger partial charge in [-0.15, -0.1) is 0 Å². The molecule has 0 unspecified atom stereocenters. The van der Waals surface area contributed by atoms with Crippen LogP contribution >= 0.6 is 0 Å². The maximum absolute atomic E-state index is 13.1. The number of hydrogen-bond acceptors (Lipinski definition) is 2. The Balaban J connectivity index is 2.46. The number of alkyl halides is 3. The van der Waals surface area contributed by atoms with Gasteiger partial charge in [0.15, 0.2) is 5.78 Å². The molecule has 0 bridgehead atoms. The van der Waals surface area contributed by atoms with Gasteiger partial charge in [-0.3, -0.25) is 4.79 Å². The Morgan fingerprint density at radius 3 is 2.52 bits per heavy atom. The molecule has 23 heavy (non-hydrogen) atoms. The van der Waals surface area contributed by atoms with Crippen molar-refractivity contribution in [3.05, 3.63) is 34.9 Å². The Hall–Kier alpha value is -1.83. The fourth-order valence-electron chi connectivity index (χ4n) is 3.79. The molecule has 0 aromatic heterocycles. The van der Waals surface area contributed by atoms with Gasteiger partial charge in [-0.2, -0.15) is 18.4 Å². The quantitative estimate of drug-likeness (QED) is 0.700. The van der Waals surface area contributed by atoms with E-state index in [9.17, 15) is 18.0 Å². The fourth-order valence-corrected chi connectivity index (χ4v) is 3.79. The maximum Gasteiger partial charge on any atom is 0.417 e. The highest BCUT2D eigenvalue weighted by Crippen LogP contribution is 2.45. The summed E-state index contributed by atoms with van der Waals surface area (Å²) in [6.45, 7) is 5.98. The van der Waals surface area contributed by atoms with Crippen LogP contribution in [0.15, 0.2) is 18.2 Å². The summed E-state index contributed by atoms with van der Waals surface area (Å²) in [5.74, 6) is -0.418. The molecule has 0 amide bonds. The molecule has 1 aliphatic rings. The van der Waals surface area contributed by atoms with Crippen molar-refractivity contribution in [1.29, 1.82) is 5.26 Å². The second-order valence-corrected chi connectivity index (χ2v) is 7.07. The van der Waals surface area contributed by atoms with Gasteiger partial charge in [0.25, 0.3) is 0 Å². The van der Waals surface area contributed by atoms with Gasteiger partial charge >= 0.3 is 6.18 Å². The first kappa shape index (κ1) is 17.5. The van der Waals surface area contributed by atoms with Crippen LogP contribution in [0.4, 0.5) is 13.2 Å². The van der Waals surface area contributed by atoms with Gasteiger partial charge in [0.1, 0.15) is 0 Å². The van der Waals surface area contributed by atoms with Gasteiger partial charge in [0, 0.05) is 11.5 Å². The predicted octanol–water partition coefficient (Wildman–Crippen LogP) is 5.22. The Labute approximate surface area is 134 Å². The van der Waals surface area contributed by atoms with Crippen molar-refractivity contribution in [2.75, 3.05) is 0 Å². The molecule has 1 fully saturated rings. The third kappa shape index (κ3) is 3.41. The van der Waals surface area contributed by atoms with Crippen molar-refractivity contribution in [1.82, 2.24) is 0 Å². The Kier molecular flexibility index (Phi) is 4.57. The number of nitrogens with zero attached hydrogens (tertiary/aromatic N) is 1. The van der Waals surface area contributed by atoms with E-state index in [2.05, 4.69) is 0 Å². The van der Waals surface area contributed by atoms with E-state index >= 15 is 0 Å². The minimum absolute atomic E-state index is 0.0446. The number of benzene rings is 1. The van der Waals surface area contributed by atoms with E-state index in [-0.39, 0.29) is 28.6 Å². The molecule has 0 aliphatic heterocycles. The van der Waals surface area contributed by atoms with Crippen molar-refractivity contribution in [2.24, 2.45) is 17.3 Å². The van der Waals surface area contributed by atoms with Gasteiger partial charge in [0.2, 0.25) is 0 Å². The predicted molar refractivity (Wildman–Crippen MR) is 80.8 cm³/mol. The number of rotatable bonds is 2. The Bertz CT molecular complexity index is 655. The highest BCUT2D eigenvalue weighted by Gasteiger charge is 2.42. The molecule has 0 N–H and O–H groups in total. The lowest BCUT2D eigenvalue weighted by Gasteiger charge is -2.42. The van der Waals surface area contributed by atoms with Crippen LogP contribution in [0.5, 0.6) is 0 Å². The first-order valence-electron chi connectivity index (χ1n) is 7.73. The van der Waals surface area contributed by atoms with Crippen LogP contribution in [0.25, 0.3) is 0 Å². The second kappa shape index (κ2) is 5.99. The van der Waals surface area contributed by atoms with Crippen molar-refractivity contribution < 1.29 is 18.0 Å². The number of carbonyl (C=O) groups excluding carboxylic acids is 1. The number of halogens is 3. The topological polar surface area (TPSA) is 40.9 Å². The second-order valence-electron chi connectivity index (χ2n) is 7.07. The van der Waals surface area contributed by atoms with Crippen molar-refractivity contribution in [3.63, 3.8) is 0 Å². The number of Topliss-reactive ketones (excluding diaryl/α,β-unsaturated/α-hetero) is 1. The van der Waals surface area contributed by atoms with E-state index in [1.54, 1.807) is 6.07 Å². The van der Waals surface area contributed by atoms with Crippen LogP contribution in [-0.2, 0) is 6.18 Å². The van der Waals surface area contributed by atoms with Crippen LogP contribution in [0.3, 0.4) is 0 Å². The van der Waals surface area contributed by atoms with E-state index in [1.165, 1.54) is 6.07 Å². The van der Waals surface area contributed by atoms with Gasteiger partial charge < -0.3 is 0 Å². The first-order valence-corrected chi connectivity index (χ1v) is 7.73. The van der Waals surface area contributed by atoms with Crippen LogP contribution in [0.2, 0.25) is 0 Å². The van der Waals surface area contributed by atoms with Crippen molar-refractivity contribution in [2.45, 2.75) is 46.2 Å². The summed E-state index contributed by atoms with van der Waals surface area (Å²) in [6, 6.07) is 4.81. The molecule has 2 rings (SSSR count). The largest absolute Gasteiger partial charge is 0.417 e. The molecule has 124 valence electrons. The molecule has 1 aliphatic carbocycles. The summed E-state index contributed by atoms with van der Waals surface area (Å²) >= 11 is 0. The summed E-state index contributed by atoms with van der Waals surface area (Å²) in [5, 5.41) is 8.85. The van der Waals surface area contributed by atoms with Gasteiger partial charge in [-0.25, -0.2) is 0 Å². The summed E-state index contributed by atoms with van der Waals surface area (Å²) in [7, 11) is 0. The summed E-state index contributed by atoms with van der Waals surface area (Å²) in [6.07, 6.45) is -1.83. The van der Waals surface area contributed by atoms with E-state index < -0.39 is 17.3 Å². The third-order valence-electron chi connectivity index (χ3n) is 4.90. The molecule has 5 heteroatoms. The molecular formula is C18H20F3NO. The molecule has 0 spiro atoms. The van der Waals surface area contributed by atoms with E-state index in [0.29, 0.717) is 0 Å². The molecular weight excluding hydrogens is 303 g/mol. The van der Waals surface area contributed by atoms with Crippen molar-refractivity contribution >= 4 is 5.78 Å². The lowest BCUT2D eigenvalue weighted by molar-refractivity contribution is -0.137. The van der Waals surface area contributed by atoms with Crippen molar-refractivity contribution in [3.8, 4) is 6.07 Å². The zero-order valence-corrected chi connectivity index (χ0v) is 13.5. The normalized spacial score (nSPS) is 24.0. The molecule has 2 nitrogen and oxygen atoms in total. The molecule has 0 radical (unpaired) electrons. The molecule has 1 aromatic rings. The minimum atomic E-state index is -4.64. The minimum Gasteiger partial charge on any atom is -0.294 e. The first-order chi connectivity index (χ1) is 10.6. The SMILES string of the molecule is C[C@H]1CCCC(C)(C)[C@@H]1C(=O)c1ccc(C#N)c(C(F)(F)F)c1. The van der Waals surface area contributed by atoms with Gasteiger partial charge in [0.05, 0.1) is 17.2 Å². The van der Waals surface area contributed by atoms with Crippen LogP contribution in [0.1, 0.15) is 61.5 Å². The lowest BCUT2D eigenvalue weighted by Crippen LogP contribution is -2.39. The highest BCUT2D eigenvalue weighted by atomic mass is 19.4. The number of hydrogen-bond donors (Lipinski definition) is 0. The average molecular weight is 323 g/mol. The Morgan fingerprint density at radius 1 is 1.35 bits per heavy atom. The number of carbonyl (C=O) groups is 1. The summed E-state index contributed by atoms with van der Waals surface area (Å²) < 4.78 is 39.3. The number of ketones is 1. The third-order valence-corrected chi connectivity index (χ3v) is 4.90. The van der Waals surface area contributed by atoms with Crippen LogP contribution < -0.4 is 0 Å². The zero-order valence-electron chi connectivity index (χ0n) is 13.5. The Morgan fingerprint density at radius 2 is 2.00 bits per heavy atom. The molecule has 0 saturated heterocycles. The van der Waals surface area contributed by atoms with Gasteiger partial charge in [-0.05, 0) is 36.3 Å². The van der Waals surface area contributed by atoms with Gasteiger partial charge in [-0.1, -0.05) is 33.3 Å². The molecule has 1 aromatic carbocycles. The van der Waals surface area contributed by atoms with E-state index in [4.69, 9.17) is 5.26 Å². The smallest absolute Gasteiger partial charge is 0.294 e. The van der Waals surface area contributed by atoms with E-state index in [1.807, 2.05) is 20.8 Å². The van der Waals surface area contributed by atoms with Crippen LogP contribution in [0, 0.1) is 28.6 Å². The van der Waals surface area contributed by atoms with Crippen LogP contribution in [-0.4, -0.2) is 5.78 Å². The standard InChI is InChI=1S/C18H20F3NO/c1-11-5-4-8-17(2,3)15(11)16(23)12-6-7-13(10-22)14(9-12)18(19,20)21/h6-7,9,11,15H,4-5,8H2,1-3H3/t11-,15-/m0/s1. The summed E-state index contributed by atoms with van der Waals surface area (Å²) in [4.78, 5) is 12.9. The maximum atomic E-state index is 13.1. The molecule has 2 atom stereocenters. The highest BCUT2D eigenvalue weighted by molar-refractivity contribution is 5.99. The molecule has 0 heterocycles. The zero-order chi connectivity index (χ0) is 17.4.